The lowest BCUT2D eigenvalue weighted by Gasteiger charge is -2.17. The average molecular weight is 575 g/mol. The maximum absolute atomic E-state index is 13.0. The van der Waals surface area contributed by atoms with Gasteiger partial charge in [-0.15, -0.1) is 28.1 Å². The van der Waals surface area contributed by atoms with Gasteiger partial charge in [-0.3, -0.25) is 9.36 Å². The number of amides is 1. The van der Waals surface area contributed by atoms with Crippen molar-refractivity contribution in [2.24, 2.45) is 0 Å². The van der Waals surface area contributed by atoms with E-state index in [1.807, 2.05) is 30.5 Å². The summed E-state index contributed by atoms with van der Waals surface area (Å²) in [7, 11) is 0. The number of hydrogen-bond donors (Lipinski definition) is 1. The Kier molecular flexibility index (Phi) is 9.51. The number of thioether (sulfide) groups is 1. The SMILES string of the molecule is C=CCn1c(SCC(=O)Nc2sc3c(c2C(=O)OCC)CCCC3)nnc1C(C)Oc1ccc(Cl)cc1C. The van der Waals surface area contributed by atoms with Crippen LogP contribution in [0.3, 0.4) is 0 Å². The number of rotatable bonds is 11. The molecule has 0 spiro atoms. The van der Waals surface area contributed by atoms with Gasteiger partial charge in [-0.1, -0.05) is 29.4 Å². The molecule has 0 radical (unpaired) electrons. The first-order chi connectivity index (χ1) is 18.3. The second-order valence-corrected chi connectivity index (χ2v) is 11.4. The molecule has 8 nitrogen and oxygen atoms in total. The van der Waals surface area contributed by atoms with Crippen molar-refractivity contribution in [3.8, 4) is 5.75 Å². The number of nitrogens with one attached hydrogen (secondary N) is 1. The average Bonchev–Trinajstić information content (AvgIpc) is 3.45. The van der Waals surface area contributed by atoms with Gasteiger partial charge in [-0.2, -0.15) is 0 Å². The van der Waals surface area contributed by atoms with Crippen molar-refractivity contribution in [1.29, 1.82) is 0 Å². The second-order valence-electron chi connectivity index (χ2n) is 8.88. The van der Waals surface area contributed by atoms with E-state index in [4.69, 9.17) is 21.1 Å². The van der Waals surface area contributed by atoms with Gasteiger partial charge in [0.1, 0.15) is 10.8 Å². The number of benzene rings is 1. The quantitative estimate of drug-likeness (QED) is 0.160. The smallest absolute Gasteiger partial charge is 0.341 e. The van der Waals surface area contributed by atoms with E-state index in [1.165, 1.54) is 23.1 Å². The van der Waals surface area contributed by atoms with E-state index < -0.39 is 6.10 Å². The number of allylic oxidation sites excluding steroid dienone is 1. The van der Waals surface area contributed by atoms with Gasteiger partial charge in [0.2, 0.25) is 5.91 Å². The van der Waals surface area contributed by atoms with Gasteiger partial charge in [-0.25, -0.2) is 4.79 Å². The van der Waals surface area contributed by atoms with Crippen molar-refractivity contribution in [2.45, 2.75) is 64.3 Å². The van der Waals surface area contributed by atoms with Gasteiger partial charge in [0, 0.05) is 16.4 Å². The highest BCUT2D eigenvalue weighted by Gasteiger charge is 2.27. The van der Waals surface area contributed by atoms with Gasteiger partial charge in [-0.05, 0) is 75.8 Å². The van der Waals surface area contributed by atoms with Gasteiger partial charge >= 0.3 is 5.97 Å². The normalized spacial score (nSPS) is 13.5. The Labute approximate surface area is 235 Å². The van der Waals surface area contributed by atoms with Crippen LogP contribution >= 0.6 is 34.7 Å². The van der Waals surface area contributed by atoms with E-state index >= 15 is 0 Å². The standard InChI is InChI=1S/C27H31ClN4O4S2/c1-5-13-32-24(17(4)36-20-12-11-18(28)14-16(20)3)30-31-27(32)37-15-22(33)29-25-23(26(34)35-6-2)19-9-7-8-10-21(19)38-25/h5,11-12,14,17H,1,6-10,13,15H2,2-4H3,(H,29,33). The van der Waals surface area contributed by atoms with E-state index in [2.05, 4.69) is 22.1 Å². The zero-order valence-corrected chi connectivity index (χ0v) is 24.1. The summed E-state index contributed by atoms with van der Waals surface area (Å²) in [6.45, 7) is 10.2. The number of esters is 1. The summed E-state index contributed by atoms with van der Waals surface area (Å²) in [6, 6.07) is 5.45. The van der Waals surface area contributed by atoms with Crippen LogP contribution in [0.25, 0.3) is 0 Å². The molecule has 1 unspecified atom stereocenters. The number of nitrogens with zero attached hydrogens (tertiary/aromatic N) is 3. The molecule has 1 atom stereocenters. The molecule has 2 aromatic heterocycles. The van der Waals surface area contributed by atoms with Crippen molar-refractivity contribution in [2.75, 3.05) is 17.7 Å². The van der Waals surface area contributed by atoms with Crippen LogP contribution in [-0.2, 0) is 28.9 Å². The molecule has 202 valence electrons. The van der Waals surface area contributed by atoms with Crippen molar-refractivity contribution in [3.63, 3.8) is 0 Å². The molecule has 38 heavy (non-hydrogen) atoms. The Hall–Kier alpha value is -2.82. The lowest BCUT2D eigenvalue weighted by atomic mass is 9.95. The van der Waals surface area contributed by atoms with Crippen LogP contribution in [0.2, 0.25) is 5.02 Å². The van der Waals surface area contributed by atoms with Gasteiger partial charge in [0.25, 0.3) is 0 Å². The van der Waals surface area contributed by atoms with Crippen molar-refractivity contribution >= 4 is 51.6 Å². The monoisotopic (exact) mass is 574 g/mol. The molecule has 4 rings (SSSR count). The van der Waals surface area contributed by atoms with E-state index in [-0.39, 0.29) is 24.2 Å². The molecular weight excluding hydrogens is 544 g/mol. The van der Waals surface area contributed by atoms with Crippen LogP contribution in [0.1, 0.15) is 65.0 Å². The van der Waals surface area contributed by atoms with Crippen LogP contribution in [0.5, 0.6) is 5.75 Å². The Morgan fingerprint density at radius 1 is 1.32 bits per heavy atom. The first-order valence-corrected chi connectivity index (χ1v) is 14.7. The summed E-state index contributed by atoms with van der Waals surface area (Å²) in [5.41, 5.74) is 2.44. The van der Waals surface area contributed by atoms with Gasteiger partial charge in [0.15, 0.2) is 17.1 Å². The Balaban J connectivity index is 1.46. The molecule has 1 N–H and O–H groups in total. The number of carbonyl (C=O) groups is 2. The zero-order valence-electron chi connectivity index (χ0n) is 21.7. The third-order valence-corrected chi connectivity index (χ3v) is 8.51. The van der Waals surface area contributed by atoms with Crippen molar-refractivity contribution in [1.82, 2.24) is 14.8 Å². The third-order valence-electron chi connectivity index (χ3n) is 6.10. The number of fused-ring (bicyclic) bond motifs is 1. The number of aryl methyl sites for hydroxylation is 2. The van der Waals surface area contributed by atoms with Crippen LogP contribution in [0.15, 0.2) is 36.0 Å². The molecule has 1 amide bonds. The fourth-order valence-electron chi connectivity index (χ4n) is 4.36. The molecule has 1 aromatic carbocycles. The molecule has 1 aliphatic rings. The van der Waals surface area contributed by atoms with E-state index in [0.29, 0.717) is 38.9 Å². The van der Waals surface area contributed by atoms with E-state index in [0.717, 1.165) is 41.7 Å². The first-order valence-electron chi connectivity index (χ1n) is 12.5. The minimum absolute atomic E-state index is 0.103. The lowest BCUT2D eigenvalue weighted by Crippen LogP contribution is -2.17. The third kappa shape index (κ3) is 6.42. The first kappa shape index (κ1) is 28.2. The molecule has 0 saturated heterocycles. The molecule has 11 heteroatoms. The second kappa shape index (κ2) is 12.8. The predicted octanol–water partition coefficient (Wildman–Crippen LogP) is 6.41. The molecule has 0 aliphatic heterocycles. The topological polar surface area (TPSA) is 95.3 Å². The Bertz CT molecular complexity index is 1340. The summed E-state index contributed by atoms with van der Waals surface area (Å²) in [5, 5.41) is 13.4. The summed E-state index contributed by atoms with van der Waals surface area (Å²) in [5.74, 6) is 0.827. The number of ether oxygens (including phenoxy) is 2. The Morgan fingerprint density at radius 2 is 2.11 bits per heavy atom. The molecule has 0 saturated carbocycles. The van der Waals surface area contributed by atoms with Crippen LogP contribution in [0, 0.1) is 6.92 Å². The maximum atomic E-state index is 13.0. The minimum Gasteiger partial charge on any atom is -0.482 e. The van der Waals surface area contributed by atoms with E-state index in [1.54, 1.807) is 19.1 Å². The maximum Gasteiger partial charge on any atom is 0.341 e. The fourth-order valence-corrected chi connectivity index (χ4v) is 6.64. The molecular formula is C27H31ClN4O4S2. The molecule has 0 bridgehead atoms. The van der Waals surface area contributed by atoms with E-state index in [9.17, 15) is 9.59 Å². The van der Waals surface area contributed by atoms with Gasteiger partial charge in [0.05, 0.1) is 17.9 Å². The van der Waals surface area contributed by atoms with Crippen molar-refractivity contribution < 1.29 is 19.1 Å². The highest BCUT2D eigenvalue weighted by atomic mass is 35.5. The summed E-state index contributed by atoms with van der Waals surface area (Å²) in [6.07, 6.45) is 5.21. The molecule has 1 aliphatic carbocycles. The highest BCUT2D eigenvalue weighted by Crippen LogP contribution is 2.39. The number of hydrogen-bond acceptors (Lipinski definition) is 8. The molecule has 3 aromatic rings. The number of carbonyl (C=O) groups excluding carboxylic acids is 2. The number of thiophene rings is 1. The fraction of sp³-hybridized carbons (Fsp3) is 0.407. The van der Waals surface area contributed by atoms with Crippen LogP contribution in [0.4, 0.5) is 5.00 Å². The largest absolute Gasteiger partial charge is 0.482 e. The highest BCUT2D eigenvalue weighted by molar-refractivity contribution is 7.99. The van der Waals surface area contributed by atoms with Crippen molar-refractivity contribution in [3.05, 3.63) is 63.3 Å². The molecule has 2 heterocycles. The van der Waals surface area contributed by atoms with Crippen LogP contribution in [-0.4, -0.2) is 39.0 Å². The summed E-state index contributed by atoms with van der Waals surface area (Å²) >= 11 is 8.81. The number of aromatic nitrogens is 3. The van der Waals surface area contributed by atoms with Crippen LogP contribution < -0.4 is 10.1 Å². The summed E-state index contributed by atoms with van der Waals surface area (Å²) < 4.78 is 13.3. The minimum atomic E-state index is -0.393. The van der Waals surface area contributed by atoms with Gasteiger partial charge < -0.3 is 14.8 Å². The zero-order chi connectivity index (χ0) is 27.2. The predicted molar refractivity (Wildman–Crippen MR) is 152 cm³/mol. The summed E-state index contributed by atoms with van der Waals surface area (Å²) in [4.78, 5) is 26.8. The lowest BCUT2D eigenvalue weighted by molar-refractivity contribution is -0.113. The number of halogens is 1. The number of anilines is 1. The molecule has 0 fully saturated rings. The Morgan fingerprint density at radius 3 is 2.84 bits per heavy atom.